The van der Waals surface area contributed by atoms with E-state index in [2.05, 4.69) is 10.1 Å². The topological polar surface area (TPSA) is 101 Å². The molecule has 3 heterocycles. The van der Waals surface area contributed by atoms with E-state index in [1.165, 1.54) is 6.33 Å². The summed E-state index contributed by atoms with van der Waals surface area (Å²) in [4.78, 5) is 4.01. The minimum absolute atomic E-state index is 0.182. The van der Waals surface area contributed by atoms with Gasteiger partial charge in [-0.3, -0.25) is 0 Å². The van der Waals surface area contributed by atoms with Crippen molar-refractivity contribution in [3.05, 3.63) is 54.5 Å². The molecule has 0 radical (unpaired) electrons. The van der Waals surface area contributed by atoms with Gasteiger partial charge in [-0.15, -0.1) is 4.52 Å². The van der Waals surface area contributed by atoms with Crippen LogP contribution in [0.4, 0.5) is 5.82 Å². The molecule has 2 N–H and O–H groups in total. The first kappa shape index (κ1) is 17.9. The molecular formula is C18H20N4O4P+. The number of hydrogen-bond acceptors (Lipinski definition) is 7. The zero-order valence-corrected chi connectivity index (χ0v) is 15.7. The quantitative estimate of drug-likeness (QED) is 0.646. The Labute approximate surface area is 157 Å². The van der Waals surface area contributed by atoms with Crippen LogP contribution in [0, 0.1) is 0 Å². The number of ether oxygens (including phenoxy) is 1. The molecule has 3 aromatic rings. The van der Waals surface area contributed by atoms with Crippen molar-refractivity contribution in [3.63, 3.8) is 0 Å². The zero-order valence-electron chi connectivity index (χ0n) is 14.8. The van der Waals surface area contributed by atoms with Crippen LogP contribution >= 0.6 is 8.25 Å². The number of benzene rings is 1. The normalized spacial score (nSPS) is 22.9. The molecule has 3 unspecified atom stereocenters. The van der Waals surface area contributed by atoms with Gasteiger partial charge in [0.1, 0.15) is 24.1 Å². The van der Waals surface area contributed by atoms with Crippen LogP contribution in [0.3, 0.4) is 0 Å². The number of nitrogens with zero attached hydrogens (tertiary/aromatic N) is 3. The van der Waals surface area contributed by atoms with E-state index in [4.69, 9.17) is 19.5 Å². The van der Waals surface area contributed by atoms with Gasteiger partial charge in [0.2, 0.25) is 0 Å². The highest BCUT2D eigenvalue weighted by molar-refractivity contribution is 7.33. The number of anilines is 1. The molecule has 0 spiro atoms. The number of nitrogens with two attached hydrogens (primary N) is 1. The van der Waals surface area contributed by atoms with Crippen LogP contribution in [-0.4, -0.2) is 27.3 Å². The summed E-state index contributed by atoms with van der Waals surface area (Å²) in [7, 11) is -2.25. The molecule has 2 aromatic heterocycles. The van der Waals surface area contributed by atoms with Crippen molar-refractivity contribution >= 4 is 19.6 Å². The lowest BCUT2D eigenvalue weighted by Gasteiger charge is -2.24. The average Bonchev–Trinajstić information content (AvgIpc) is 3.26. The second kappa shape index (κ2) is 7.23. The lowest BCUT2D eigenvalue weighted by Crippen LogP contribution is -2.26. The summed E-state index contributed by atoms with van der Waals surface area (Å²) in [5, 5.41) is 4.29. The lowest BCUT2D eigenvalue weighted by molar-refractivity contribution is -0.0514. The van der Waals surface area contributed by atoms with Gasteiger partial charge in [0, 0.05) is 4.57 Å². The number of hydrogen-bond donors (Lipinski definition) is 1. The Kier molecular flexibility index (Phi) is 4.78. The highest BCUT2D eigenvalue weighted by Gasteiger charge is 2.41. The molecular weight excluding hydrogens is 367 g/mol. The summed E-state index contributed by atoms with van der Waals surface area (Å²) in [6, 6.07) is 12.8. The van der Waals surface area contributed by atoms with Gasteiger partial charge >= 0.3 is 8.25 Å². The predicted molar refractivity (Wildman–Crippen MR) is 99.5 cm³/mol. The molecule has 27 heavy (non-hydrogen) atoms. The summed E-state index contributed by atoms with van der Waals surface area (Å²) in [6.07, 6.45) is 2.81. The molecule has 0 amide bonds. The molecule has 0 saturated carbocycles. The minimum Gasteiger partial charge on any atom is -0.382 e. The number of fused-ring (bicyclic) bond motifs is 1. The van der Waals surface area contributed by atoms with Crippen LogP contribution in [-0.2, 0) is 19.4 Å². The van der Waals surface area contributed by atoms with Crippen molar-refractivity contribution in [1.82, 2.24) is 14.6 Å². The zero-order chi connectivity index (χ0) is 18.9. The van der Waals surface area contributed by atoms with E-state index in [9.17, 15) is 4.57 Å². The van der Waals surface area contributed by atoms with Gasteiger partial charge in [-0.05, 0) is 44.0 Å². The SMILES string of the molecule is CC1(c2ccc3c(N)ncnn23)CCC(CO[P+](=O)Oc2ccccc2)O1. The molecule has 4 rings (SSSR count). The van der Waals surface area contributed by atoms with Crippen molar-refractivity contribution in [2.45, 2.75) is 31.5 Å². The van der Waals surface area contributed by atoms with E-state index in [1.54, 1.807) is 16.6 Å². The van der Waals surface area contributed by atoms with E-state index in [1.807, 2.05) is 37.3 Å². The Morgan fingerprint density at radius 2 is 2.15 bits per heavy atom. The van der Waals surface area contributed by atoms with E-state index in [0.29, 0.717) is 11.6 Å². The molecule has 1 fully saturated rings. The first-order valence-corrected chi connectivity index (χ1v) is 9.74. The van der Waals surface area contributed by atoms with Crippen molar-refractivity contribution in [2.24, 2.45) is 0 Å². The van der Waals surface area contributed by atoms with Crippen LogP contribution in [0.1, 0.15) is 25.5 Å². The van der Waals surface area contributed by atoms with Gasteiger partial charge in [-0.25, -0.2) is 14.0 Å². The molecule has 9 heteroatoms. The summed E-state index contributed by atoms with van der Waals surface area (Å²) < 4.78 is 30.6. The second-order valence-corrected chi connectivity index (χ2v) is 7.48. The Balaban J connectivity index is 1.39. The van der Waals surface area contributed by atoms with Gasteiger partial charge in [0.15, 0.2) is 11.6 Å². The summed E-state index contributed by atoms with van der Waals surface area (Å²) in [5.74, 6) is 0.931. The lowest BCUT2D eigenvalue weighted by atomic mass is 9.98. The Morgan fingerprint density at radius 1 is 1.33 bits per heavy atom. The number of aromatic nitrogens is 3. The Bertz CT molecular complexity index is 964. The fourth-order valence-electron chi connectivity index (χ4n) is 3.32. The van der Waals surface area contributed by atoms with E-state index < -0.39 is 13.9 Å². The largest absolute Gasteiger partial charge is 0.750 e. The highest BCUT2D eigenvalue weighted by atomic mass is 31.1. The molecule has 1 saturated heterocycles. The summed E-state index contributed by atoms with van der Waals surface area (Å²) in [5.41, 5.74) is 7.02. The van der Waals surface area contributed by atoms with Crippen molar-refractivity contribution in [3.8, 4) is 5.75 Å². The summed E-state index contributed by atoms with van der Waals surface area (Å²) >= 11 is 0. The molecule has 0 aliphatic carbocycles. The number of para-hydroxylation sites is 1. The third-order valence-electron chi connectivity index (χ3n) is 4.68. The van der Waals surface area contributed by atoms with Crippen LogP contribution < -0.4 is 10.3 Å². The summed E-state index contributed by atoms with van der Waals surface area (Å²) in [6.45, 7) is 2.20. The first-order chi connectivity index (χ1) is 13.0. The van der Waals surface area contributed by atoms with E-state index in [0.717, 1.165) is 24.1 Å². The molecule has 140 valence electrons. The molecule has 0 bridgehead atoms. The Morgan fingerprint density at radius 3 is 2.96 bits per heavy atom. The standard InChI is InChI=1S/C18H20N4O4P/c1-18(16-8-7-15-17(19)20-12-21-22(15)16)10-9-14(25-18)11-24-27(23)26-13-5-3-2-4-6-13/h2-8,12,14H,9-11H2,1H3,(H2,19,20,21)/q+1. The third kappa shape index (κ3) is 3.64. The molecule has 3 atom stereocenters. The minimum atomic E-state index is -2.25. The maximum absolute atomic E-state index is 12.0. The highest BCUT2D eigenvalue weighted by Crippen LogP contribution is 2.40. The second-order valence-electron chi connectivity index (χ2n) is 6.59. The maximum Gasteiger partial charge on any atom is 0.750 e. The van der Waals surface area contributed by atoms with Crippen molar-refractivity contribution in [2.75, 3.05) is 12.3 Å². The van der Waals surface area contributed by atoms with Crippen LogP contribution in [0.25, 0.3) is 5.52 Å². The third-order valence-corrected chi connectivity index (χ3v) is 5.40. The monoisotopic (exact) mass is 387 g/mol. The van der Waals surface area contributed by atoms with Gasteiger partial charge in [-0.1, -0.05) is 18.2 Å². The van der Waals surface area contributed by atoms with E-state index >= 15 is 0 Å². The number of nitrogen functional groups attached to an aromatic ring is 1. The fourth-order valence-corrected chi connectivity index (χ4v) is 3.95. The van der Waals surface area contributed by atoms with Gasteiger partial charge in [-0.2, -0.15) is 5.10 Å². The fraction of sp³-hybridized carbons (Fsp3) is 0.333. The average molecular weight is 387 g/mol. The van der Waals surface area contributed by atoms with Crippen molar-refractivity contribution in [1.29, 1.82) is 0 Å². The maximum atomic E-state index is 12.0. The van der Waals surface area contributed by atoms with Crippen LogP contribution in [0.2, 0.25) is 0 Å². The first-order valence-electron chi connectivity index (χ1n) is 8.65. The Hall–Kier alpha value is -2.54. The smallest absolute Gasteiger partial charge is 0.382 e. The van der Waals surface area contributed by atoms with Gasteiger partial charge in [0.05, 0.1) is 11.8 Å². The molecule has 1 aromatic carbocycles. The molecule has 8 nitrogen and oxygen atoms in total. The van der Waals surface area contributed by atoms with E-state index in [-0.39, 0.29) is 12.7 Å². The number of rotatable bonds is 6. The van der Waals surface area contributed by atoms with Gasteiger partial charge in [0.25, 0.3) is 0 Å². The predicted octanol–water partition coefficient (Wildman–Crippen LogP) is 3.46. The molecule has 1 aliphatic rings. The van der Waals surface area contributed by atoms with Crippen LogP contribution in [0.15, 0.2) is 48.8 Å². The molecule has 1 aliphatic heterocycles. The van der Waals surface area contributed by atoms with Crippen molar-refractivity contribution < 1.29 is 18.3 Å². The van der Waals surface area contributed by atoms with Gasteiger partial charge < -0.3 is 10.5 Å². The van der Waals surface area contributed by atoms with Crippen LogP contribution in [0.5, 0.6) is 5.75 Å².